The van der Waals surface area contributed by atoms with Crippen LogP contribution in [0.3, 0.4) is 0 Å². The zero-order valence-electron chi connectivity index (χ0n) is 6.15. The van der Waals surface area contributed by atoms with Gasteiger partial charge in [0.25, 0.3) is 0 Å². The van der Waals surface area contributed by atoms with Gasteiger partial charge in [0.2, 0.25) is 0 Å². The molecule has 1 aliphatic rings. The Morgan fingerprint density at radius 2 is 1.10 bits per heavy atom. The number of allylic oxidation sites excluding steroid dienone is 4. The Balaban J connectivity index is -0.0000000337. The van der Waals surface area contributed by atoms with Crippen molar-refractivity contribution in [3.8, 4) is 0 Å². The molecule has 0 aromatic carbocycles. The molecule has 2 nitrogen and oxygen atoms in total. The smallest absolute Gasteiger partial charge is 0.00506 e. The van der Waals surface area contributed by atoms with Gasteiger partial charge in [0.1, 0.15) is 0 Å². The maximum atomic E-state index is 7.25. The maximum absolute atomic E-state index is 7.25. The van der Waals surface area contributed by atoms with Crippen molar-refractivity contribution < 1.29 is 21.1 Å². The second kappa shape index (κ2) is 23.3. The quantitative estimate of drug-likeness (QED) is 0.634. The van der Waals surface area contributed by atoms with Gasteiger partial charge in [-0.3, -0.25) is 0 Å². The summed E-state index contributed by atoms with van der Waals surface area (Å²) in [5.41, 5.74) is 5.75. The van der Waals surface area contributed by atoms with Crippen LogP contribution in [0.15, 0.2) is 24.3 Å². The second-order valence-corrected chi connectivity index (χ2v) is 0.962. The molecule has 59 valence electrons. The largest absolute Gasteiger partial charge is 0.577 e. The van der Waals surface area contributed by atoms with Gasteiger partial charge in [0.05, 0.1) is 0 Å². The molecule has 0 N–H and O–H groups in total. The topological polar surface area (TPSA) is 39.4 Å². The van der Waals surface area contributed by atoms with Gasteiger partial charge < -0.3 is 25.4 Å². The second-order valence-electron chi connectivity index (χ2n) is 0.962. The Labute approximate surface area is 77.4 Å². The minimum atomic E-state index is 0. The fraction of sp³-hybridized carbons (Fsp3) is 0. The first-order valence-corrected chi connectivity index (χ1v) is 1.85. The van der Waals surface area contributed by atoms with Gasteiger partial charge in [-0.25, -0.2) is 0 Å². The molecule has 0 bridgehead atoms. The van der Waals surface area contributed by atoms with Gasteiger partial charge in [-0.2, -0.15) is 0 Å². The first kappa shape index (κ1) is 22.6. The fourth-order valence-corrected chi connectivity index (χ4v) is 0.321. The molecule has 0 spiro atoms. The molecule has 0 unspecified atom stereocenters. The van der Waals surface area contributed by atoms with Crippen molar-refractivity contribution >= 4 is 0 Å². The Morgan fingerprint density at radius 3 is 1.20 bits per heavy atom. The summed E-state index contributed by atoms with van der Waals surface area (Å²) < 4.78 is 0. The molecule has 0 saturated carbocycles. The Hall–Kier alpha value is -0.232. The zero-order chi connectivity index (χ0) is 5.54. The van der Waals surface area contributed by atoms with Crippen LogP contribution in [0.1, 0.15) is 0 Å². The van der Waals surface area contributed by atoms with E-state index < -0.39 is 0 Å². The average Bonchev–Trinajstić information content (AvgIpc) is 2.23. The van der Waals surface area contributed by atoms with Crippen LogP contribution in [-0.2, 0) is 21.1 Å². The zero-order valence-corrected chi connectivity index (χ0v) is 9.08. The SMILES string of the molecule is [CH3-].[CH3-].[CH]1C=CC=C1.[N-]=O.[W]. The normalized spacial score (nSPS) is 9.20. The van der Waals surface area contributed by atoms with Crippen LogP contribution in [0, 0.1) is 26.2 Å². The van der Waals surface area contributed by atoms with Gasteiger partial charge in [-0.05, 0) is 0 Å². The molecule has 1 rings (SSSR count). The first-order chi connectivity index (χ1) is 3.50. The van der Waals surface area contributed by atoms with Gasteiger partial charge in [0, 0.05) is 27.5 Å². The van der Waals surface area contributed by atoms with Gasteiger partial charge >= 0.3 is 0 Å². The molecular formula is C7H11NOW-3. The van der Waals surface area contributed by atoms with Crippen molar-refractivity contribution in [3.05, 3.63) is 56.1 Å². The minimum Gasteiger partial charge on any atom is -0.577 e. The van der Waals surface area contributed by atoms with E-state index in [4.69, 9.17) is 10.5 Å². The van der Waals surface area contributed by atoms with E-state index in [0.717, 1.165) is 0 Å². The van der Waals surface area contributed by atoms with Crippen LogP contribution >= 0.6 is 0 Å². The predicted octanol–water partition coefficient (Wildman–Crippen LogP) is 2.54. The van der Waals surface area contributed by atoms with Crippen molar-refractivity contribution in [2.24, 2.45) is 0 Å². The van der Waals surface area contributed by atoms with Gasteiger partial charge in [0.15, 0.2) is 0 Å². The summed E-state index contributed by atoms with van der Waals surface area (Å²) in [7, 11) is 0. The number of nitroso groups, excluding NO2 is 1. The van der Waals surface area contributed by atoms with Crippen molar-refractivity contribution in [1.29, 1.82) is 0 Å². The molecule has 1 radical (unpaired) electrons. The summed E-state index contributed by atoms with van der Waals surface area (Å²) in [4.78, 5) is 7.25. The summed E-state index contributed by atoms with van der Waals surface area (Å²) in [5, 5.41) is 0. The standard InChI is InChI=1S/C5H5.2CH3.NO.W/c1-2-4-5-3-1;;;1-2;/h1-5H;2*1H3;;/q;3*-1;. The molecule has 0 aromatic heterocycles. The van der Waals surface area contributed by atoms with Crippen LogP contribution in [0.4, 0.5) is 0 Å². The number of hydrogen-bond acceptors (Lipinski definition) is 1. The molecule has 0 heterocycles. The van der Waals surface area contributed by atoms with E-state index in [1.54, 1.807) is 0 Å². The molecule has 0 saturated heterocycles. The third-order valence-electron chi connectivity index (χ3n) is 0.556. The average molecular weight is 309 g/mol. The van der Waals surface area contributed by atoms with Crippen LogP contribution in [-0.4, -0.2) is 0 Å². The first-order valence-electron chi connectivity index (χ1n) is 1.85. The third-order valence-corrected chi connectivity index (χ3v) is 0.556. The van der Waals surface area contributed by atoms with E-state index in [1.165, 1.54) is 0 Å². The van der Waals surface area contributed by atoms with Crippen molar-refractivity contribution in [3.63, 3.8) is 0 Å². The predicted molar refractivity (Wildman–Crippen MR) is 42.1 cm³/mol. The van der Waals surface area contributed by atoms with Crippen LogP contribution < -0.4 is 0 Å². The van der Waals surface area contributed by atoms with E-state index in [1.807, 2.05) is 30.7 Å². The number of nitrogens with zero attached hydrogens (tertiary/aromatic N) is 1. The van der Waals surface area contributed by atoms with Crippen molar-refractivity contribution in [2.45, 2.75) is 0 Å². The number of rotatable bonds is 0. The van der Waals surface area contributed by atoms with Gasteiger partial charge in [-0.15, -0.1) is 0 Å². The molecule has 0 atom stereocenters. The van der Waals surface area contributed by atoms with Crippen LogP contribution in [0.5, 0.6) is 0 Å². The molecule has 0 fully saturated rings. The van der Waals surface area contributed by atoms with E-state index in [2.05, 4.69) is 0 Å². The molecule has 1 aliphatic carbocycles. The summed E-state index contributed by atoms with van der Waals surface area (Å²) in [5.74, 6) is 0. The summed E-state index contributed by atoms with van der Waals surface area (Å²) in [6.45, 7) is 0. The van der Waals surface area contributed by atoms with E-state index in [0.29, 0.717) is 0 Å². The Kier molecular flexibility index (Phi) is 52.5. The van der Waals surface area contributed by atoms with Crippen molar-refractivity contribution in [1.82, 2.24) is 0 Å². The molecule has 10 heavy (non-hydrogen) atoms. The van der Waals surface area contributed by atoms with E-state index >= 15 is 0 Å². The van der Waals surface area contributed by atoms with E-state index in [9.17, 15) is 0 Å². The summed E-state index contributed by atoms with van der Waals surface area (Å²) in [6.07, 6.45) is 10.0. The fourth-order valence-electron chi connectivity index (χ4n) is 0.321. The van der Waals surface area contributed by atoms with E-state index in [-0.39, 0.29) is 35.9 Å². The summed E-state index contributed by atoms with van der Waals surface area (Å²) >= 11 is 0. The summed E-state index contributed by atoms with van der Waals surface area (Å²) in [6, 6.07) is 0. The minimum absolute atomic E-state index is 0. The monoisotopic (exact) mass is 309 g/mol. The number of hydrogen-bond donors (Lipinski definition) is 0. The molecule has 0 amide bonds. The van der Waals surface area contributed by atoms with Crippen LogP contribution in [0.2, 0.25) is 0 Å². The third kappa shape index (κ3) is 15.7. The molecular weight excluding hydrogens is 298 g/mol. The van der Waals surface area contributed by atoms with Gasteiger partial charge in [-0.1, -0.05) is 24.3 Å². The molecule has 0 aromatic rings. The molecule has 0 aliphatic heterocycles. The van der Waals surface area contributed by atoms with Crippen LogP contribution in [0.25, 0.3) is 5.59 Å². The Morgan fingerprint density at radius 1 is 0.800 bits per heavy atom. The Bertz CT molecular complexity index is 81.6. The van der Waals surface area contributed by atoms with Crippen molar-refractivity contribution in [2.75, 3.05) is 0 Å². The molecule has 3 heteroatoms. The maximum Gasteiger partial charge on any atom is 0.00506 e.